The third-order valence-corrected chi connectivity index (χ3v) is 5.16. The Morgan fingerprint density at radius 3 is 3.00 bits per heavy atom. The maximum Gasteiger partial charge on any atom is 0.133 e. The summed E-state index contributed by atoms with van der Waals surface area (Å²) in [7, 11) is 0. The summed E-state index contributed by atoms with van der Waals surface area (Å²) in [5.74, 6) is 0.985. The summed E-state index contributed by atoms with van der Waals surface area (Å²) >= 11 is 1.82. The number of hydrogen-bond donors (Lipinski definition) is 2. The second-order valence-corrected chi connectivity index (χ2v) is 6.79. The van der Waals surface area contributed by atoms with Gasteiger partial charge in [-0.1, -0.05) is 6.92 Å². The van der Waals surface area contributed by atoms with Crippen molar-refractivity contribution in [3.8, 4) is 0 Å². The molecular formula is C16H23N5S. The van der Waals surface area contributed by atoms with E-state index in [-0.39, 0.29) is 0 Å². The zero-order valence-corrected chi connectivity index (χ0v) is 14.1. The van der Waals surface area contributed by atoms with Gasteiger partial charge >= 0.3 is 0 Å². The molecule has 6 heteroatoms. The van der Waals surface area contributed by atoms with Crippen LogP contribution in [0.4, 0.5) is 5.82 Å². The first-order chi connectivity index (χ1) is 10.8. The summed E-state index contributed by atoms with van der Waals surface area (Å²) in [6.07, 6.45) is 5.86. The zero-order chi connectivity index (χ0) is 15.4. The lowest BCUT2D eigenvalue weighted by Crippen LogP contribution is -2.16. The molecule has 1 aliphatic rings. The molecule has 118 valence electrons. The van der Waals surface area contributed by atoms with Gasteiger partial charge in [-0.3, -0.25) is 0 Å². The molecule has 0 saturated heterocycles. The standard InChI is InChI=1S/C16H23N5S/c1-3-4-15-21-11(2)14(22-15)9-18-16-12-5-7-17-8-6-13(12)19-10-20-16/h10,17H,3-9H2,1-2H3,(H,18,19,20). The van der Waals surface area contributed by atoms with E-state index in [1.165, 1.54) is 21.1 Å². The Morgan fingerprint density at radius 2 is 2.14 bits per heavy atom. The van der Waals surface area contributed by atoms with E-state index in [1.807, 2.05) is 11.3 Å². The number of anilines is 1. The average molecular weight is 317 g/mol. The van der Waals surface area contributed by atoms with Gasteiger partial charge in [0.25, 0.3) is 0 Å². The molecule has 2 aromatic rings. The van der Waals surface area contributed by atoms with Crippen LogP contribution in [-0.4, -0.2) is 28.0 Å². The van der Waals surface area contributed by atoms with Crippen LogP contribution < -0.4 is 10.6 Å². The van der Waals surface area contributed by atoms with Crippen molar-refractivity contribution in [2.75, 3.05) is 18.4 Å². The van der Waals surface area contributed by atoms with Crippen molar-refractivity contribution in [2.24, 2.45) is 0 Å². The van der Waals surface area contributed by atoms with Gasteiger partial charge in [-0.15, -0.1) is 11.3 Å². The molecule has 2 N–H and O–H groups in total. The van der Waals surface area contributed by atoms with Crippen LogP contribution in [0.25, 0.3) is 0 Å². The number of rotatable bonds is 5. The molecule has 0 spiro atoms. The molecule has 0 amide bonds. The Morgan fingerprint density at radius 1 is 1.27 bits per heavy atom. The molecule has 0 aromatic carbocycles. The molecule has 5 nitrogen and oxygen atoms in total. The highest BCUT2D eigenvalue weighted by Gasteiger charge is 2.14. The average Bonchev–Trinajstić information content (AvgIpc) is 2.73. The van der Waals surface area contributed by atoms with Crippen molar-refractivity contribution in [3.63, 3.8) is 0 Å². The molecule has 0 radical (unpaired) electrons. The van der Waals surface area contributed by atoms with E-state index >= 15 is 0 Å². The van der Waals surface area contributed by atoms with Gasteiger partial charge in [0, 0.05) is 23.4 Å². The summed E-state index contributed by atoms with van der Waals surface area (Å²) in [6.45, 7) is 7.08. The number of fused-ring (bicyclic) bond motifs is 1. The maximum absolute atomic E-state index is 4.65. The molecule has 3 rings (SSSR count). The van der Waals surface area contributed by atoms with Gasteiger partial charge < -0.3 is 10.6 Å². The van der Waals surface area contributed by atoms with Gasteiger partial charge in [0.15, 0.2) is 0 Å². The smallest absolute Gasteiger partial charge is 0.133 e. The van der Waals surface area contributed by atoms with E-state index in [1.54, 1.807) is 6.33 Å². The van der Waals surface area contributed by atoms with Gasteiger partial charge in [0.2, 0.25) is 0 Å². The fourth-order valence-electron chi connectivity index (χ4n) is 2.76. The van der Waals surface area contributed by atoms with Crippen molar-refractivity contribution < 1.29 is 0 Å². The Balaban J connectivity index is 1.74. The number of nitrogens with one attached hydrogen (secondary N) is 2. The van der Waals surface area contributed by atoms with Crippen molar-refractivity contribution in [1.82, 2.24) is 20.3 Å². The largest absolute Gasteiger partial charge is 0.365 e. The van der Waals surface area contributed by atoms with Gasteiger partial charge in [-0.25, -0.2) is 15.0 Å². The minimum atomic E-state index is 0.796. The van der Waals surface area contributed by atoms with Crippen LogP contribution in [0, 0.1) is 6.92 Å². The summed E-state index contributed by atoms with van der Waals surface area (Å²) in [4.78, 5) is 14.9. The van der Waals surface area contributed by atoms with E-state index in [0.717, 1.165) is 56.8 Å². The highest BCUT2D eigenvalue weighted by atomic mass is 32.1. The molecule has 0 atom stereocenters. The second-order valence-electron chi connectivity index (χ2n) is 5.62. The van der Waals surface area contributed by atoms with Crippen LogP contribution in [-0.2, 0) is 25.8 Å². The normalized spacial score (nSPS) is 14.5. The number of aromatic nitrogens is 3. The lowest BCUT2D eigenvalue weighted by molar-refractivity contribution is 0.708. The van der Waals surface area contributed by atoms with E-state index < -0.39 is 0 Å². The monoisotopic (exact) mass is 317 g/mol. The maximum atomic E-state index is 4.65. The lowest BCUT2D eigenvalue weighted by atomic mass is 10.1. The molecule has 1 aliphatic heterocycles. The molecule has 2 aromatic heterocycles. The molecule has 22 heavy (non-hydrogen) atoms. The van der Waals surface area contributed by atoms with Crippen molar-refractivity contribution in [1.29, 1.82) is 0 Å². The Kier molecular flexibility index (Phi) is 5.00. The van der Waals surface area contributed by atoms with Crippen molar-refractivity contribution in [2.45, 2.75) is 46.1 Å². The molecule has 0 aliphatic carbocycles. The molecule has 0 saturated carbocycles. The number of nitrogens with zero attached hydrogens (tertiary/aromatic N) is 3. The molecule has 0 unspecified atom stereocenters. The predicted molar refractivity (Wildman–Crippen MR) is 90.5 cm³/mol. The van der Waals surface area contributed by atoms with E-state index in [9.17, 15) is 0 Å². The first-order valence-electron chi connectivity index (χ1n) is 8.00. The molecular weight excluding hydrogens is 294 g/mol. The highest BCUT2D eigenvalue weighted by molar-refractivity contribution is 7.11. The predicted octanol–water partition coefficient (Wildman–Crippen LogP) is 2.49. The van der Waals surface area contributed by atoms with E-state index in [2.05, 4.69) is 39.4 Å². The van der Waals surface area contributed by atoms with Crippen LogP contribution >= 0.6 is 11.3 Å². The van der Waals surface area contributed by atoms with Crippen LogP contribution in [0.1, 0.15) is 40.2 Å². The fraction of sp³-hybridized carbons (Fsp3) is 0.562. The first kappa shape index (κ1) is 15.4. The summed E-state index contributed by atoms with van der Waals surface area (Å²) in [5.41, 5.74) is 3.58. The second kappa shape index (κ2) is 7.15. The van der Waals surface area contributed by atoms with E-state index in [4.69, 9.17) is 0 Å². The Labute approximate surface area is 135 Å². The molecule has 0 fully saturated rings. The number of hydrogen-bond acceptors (Lipinski definition) is 6. The topological polar surface area (TPSA) is 62.7 Å². The minimum Gasteiger partial charge on any atom is -0.365 e. The lowest BCUT2D eigenvalue weighted by Gasteiger charge is -2.11. The fourth-order valence-corrected chi connectivity index (χ4v) is 3.87. The zero-order valence-electron chi connectivity index (χ0n) is 13.3. The number of thiazole rings is 1. The minimum absolute atomic E-state index is 0.796. The third-order valence-electron chi connectivity index (χ3n) is 3.94. The number of aryl methyl sites for hydroxylation is 2. The van der Waals surface area contributed by atoms with Gasteiger partial charge in [0.1, 0.15) is 12.1 Å². The molecule has 0 bridgehead atoms. The van der Waals surface area contributed by atoms with Crippen LogP contribution in [0.2, 0.25) is 0 Å². The highest BCUT2D eigenvalue weighted by Crippen LogP contribution is 2.23. The van der Waals surface area contributed by atoms with E-state index in [0.29, 0.717) is 0 Å². The van der Waals surface area contributed by atoms with Crippen molar-refractivity contribution >= 4 is 17.2 Å². The van der Waals surface area contributed by atoms with Crippen molar-refractivity contribution in [3.05, 3.63) is 33.2 Å². The van der Waals surface area contributed by atoms with Crippen LogP contribution in [0.5, 0.6) is 0 Å². The Hall–Kier alpha value is -1.53. The van der Waals surface area contributed by atoms with Gasteiger partial charge in [-0.05, 0) is 32.7 Å². The summed E-state index contributed by atoms with van der Waals surface area (Å²) in [5, 5.41) is 8.16. The van der Waals surface area contributed by atoms with Gasteiger partial charge in [-0.2, -0.15) is 0 Å². The van der Waals surface area contributed by atoms with Crippen LogP contribution in [0.15, 0.2) is 6.33 Å². The quantitative estimate of drug-likeness (QED) is 0.887. The third kappa shape index (κ3) is 3.44. The summed E-state index contributed by atoms with van der Waals surface area (Å²) < 4.78 is 0. The van der Waals surface area contributed by atoms with Crippen LogP contribution in [0.3, 0.4) is 0 Å². The Bertz CT molecular complexity index is 637. The summed E-state index contributed by atoms with van der Waals surface area (Å²) in [6, 6.07) is 0. The molecule has 3 heterocycles. The van der Waals surface area contributed by atoms with Gasteiger partial charge in [0.05, 0.1) is 22.9 Å². The SMILES string of the molecule is CCCc1nc(C)c(CNc2ncnc3c2CCNCC3)s1. The first-order valence-corrected chi connectivity index (χ1v) is 8.82.